The van der Waals surface area contributed by atoms with Crippen LogP contribution in [-0.2, 0) is 11.3 Å². The van der Waals surface area contributed by atoms with Gasteiger partial charge in [-0.25, -0.2) is 4.98 Å². The highest BCUT2D eigenvalue weighted by atomic mass is 35.5. The first kappa shape index (κ1) is 15.4. The lowest BCUT2D eigenvalue weighted by molar-refractivity contribution is -0.121. The fourth-order valence-electron chi connectivity index (χ4n) is 2.15. The van der Waals surface area contributed by atoms with Gasteiger partial charge in [-0.3, -0.25) is 4.79 Å². The Morgan fingerprint density at radius 3 is 2.91 bits per heavy atom. The lowest BCUT2D eigenvalue weighted by atomic mass is 10.3. The van der Waals surface area contributed by atoms with Crippen LogP contribution in [0.4, 0.5) is 0 Å². The number of benzene rings is 1. The number of nitrogens with one attached hydrogen (secondary N) is 1. The lowest BCUT2D eigenvalue weighted by Crippen LogP contribution is -2.24. The minimum atomic E-state index is -0.0731. The average Bonchev–Trinajstić information content (AvgIpc) is 2.96. The van der Waals surface area contributed by atoms with E-state index in [4.69, 9.17) is 16.3 Å². The molecule has 0 unspecified atom stereocenters. The maximum absolute atomic E-state index is 11.8. The fourth-order valence-corrected chi connectivity index (χ4v) is 2.30. The van der Waals surface area contributed by atoms with Crippen LogP contribution in [0, 0.1) is 0 Å². The van der Waals surface area contributed by atoms with E-state index in [1.165, 1.54) is 0 Å². The smallest absolute Gasteiger partial charge is 0.223 e. The molecule has 0 saturated heterocycles. The Morgan fingerprint density at radius 1 is 1.26 bits per heavy atom. The van der Waals surface area contributed by atoms with Gasteiger partial charge in [-0.2, -0.15) is 0 Å². The SMILES string of the molecule is O=C(CCOc1ccccc1)NCc1cn2ccc(Cl)cc2n1. The molecule has 118 valence electrons. The van der Waals surface area contributed by atoms with E-state index in [-0.39, 0.29) is 5.91 Å². The predicted octanol–water partition coefficient (Wildman–Crippen LogP) is 3.07. The minimum absolute atomic E-state index is 0.0731. The van der Waals surface area contributed by atoms with Gasteiger partial charge in [-0.15, -0.1) is 0 Å². The number of carbonyl (C=O) groups is 1. The Balaban J connectivity index is 1.46. The lowest BCUT2D eigenvalue weighted by Gasteiger charge is -2.06. The van der Waals surface area contributed by atoms with Gasteiger partial charge in [0.15, 0.2) is 0 Å². The molecule has 6 heteroatoms. The molecule has 1 aromatic carbocycles. The highest BCUT2D eigenvalue weighted by Crippen LogP contribution is 2.12. The van der Waals surface area contributed by atoms with Crippen molar-refractivity contribution >= 4 is 23.2 Å². The highest BCUT2D eigenvalue weighted by molar-refractivity contribution is 6.30. The van der Waals surface area contributed by atoms with Gasteiger partial charge in [0, 0.05) is 17.4 Å². The summed E-state index contributed by atoms with van der Waals surface area (Å²) in [7, 11) is 0. The number of halogens is 1. The topological polar surface area (TPSA) is 55.6 Å². The largest absolute Gasteiger partial charge is 0.493 e. The van der Waals surface area contributed by atoms with Crippen LogP contribution in [0.5, 0.6) is 5.75 Å². The summed E-state index contributed by atoms with van der Waals surface area (Å²) in [5.74, 6) is 0.688. The molecule has 5 nitrogen and oxygen atoms in total. The van der Waals surface area contributed by atoms with Crippen LogP contribution in [0.2, 0.25) is 5.02 Å². The molecule has 0 radical (unpaired) electrons. The van der Waals surface area contributed by atoms with Gasteiger partial charge < -0.3 is 14.5 Å². The van der Waals surface area contributed by atoms with Crippen molar-refractivity contribution in [3.63, 3.8) is 0 Å². The molecule has 0 fully saturated rings. The molecular formula is C17H16ClN3O2. The zero-order chi connectivity index (χ0) is 16.1. The molecule has 0 saturated carbocycles. The monoisotopic (exact) mass is 329 g/mol. The number of nitrogens with zero attached hydrogens (tertiary/aromatic N) is 2. The van der Waals surface area contributed by atoms with E-state index in [1.54, 1.807) is 12.1 Å². The van der Waals surface area contributed by atoms with Crippen molar-refractivity contribution in [1.82, 2.24) is 14.7 Å². The first-order chi connectivity index (χ1) is 11.2. The number of ether oxygens (including phenoxy) is 1. The maximum Gasteiger partial charge on any atom is 0.223 e. The van der Waals surface area contributed by atoms with E-state index < -0.39 is 0 Å². The Kier molecular flexibility index (Phi) is 4.78. The second-order valence-electron chi connectivity index (χ2n) is 5.03. The van der Waals surface area contributed by atoms with Gasteiger partial charge >= 0.3 is 0 Å². The number of imidazole rings is 1. The van der Waals surface area contributed by atoms with E-state index in [2.05, 4.69) is 10.3 Å². The van der Waals surface area contributed by atoms with Crippen LogP contribution in [0.25, 0.3) is 5.65 Å². The molecule has 0 spiro atoms. The van der Waals surface area contributed by atoms with Crippen LogP contribution in [0.3, 0.4) is 0 Å². The zero-order valence-corrected chi connectivity index (χ0v) is 13.2. The number of aromatic nitrogens is 2. The van der Waals surface area contributed by atoms with Gasteiger partial charge in [0.2, 0.25) is 5.91 Å². The van der Waals surface area contributed by atoms with Gasteiger partial charge in [0.05, 0.1) is 25.3 Å². The third-order valence-corrected chi connectivity index (χ3v) is 3.51. The summed E-state index contributed by atoms with van der Waals surface area (Å²) >= 11 is 5.93. The molecule has 2 aromatic heterocycles. The maximum atomic E-state index is 11.8. The first-order valence-electron chi connectivity index (χ1n) is 7.28. The minimum Gasteiger partial charge on any atom is -0.493 e. The molecule has 0 aliphatic rings. The molecule has 0 aliphatic carbocycles. The van der Waals surface area contributed by atoms with E-state index in [9.17, 15) is 4.79 Å². The van der Waals surface area contributed by atoms with Gasteiger partial charge in [-0.05, 0) is 24.3 Å². The van der Waals surface area contributed by atoms with Crippen LogP contribution in [0.1, 0.15) is 12.1 Å². The van der Waals surface area contributed by atoms with Gasteiger partial charge in [0.1, 0.15) is 11.4 Å². The van der Waals surface area contributed by atoms with Crippen LogP contribution < -0.4 is 10.1 Å². The standard InChI is InChI=1S/C17H16ClN3O2/c18-13-6-8-21-12-14(20-16(21)10-13)11-19-17(22)7-9-23-15-4-2-1-3-5-15/h1-6,8,10,12H,7,9,11H2,(H,19,22). The number of hydrogen-bond donors (Lipinski definition) is 1. The summed E-state index contributed by atoms with van der Waals surface area (Å²) in [5.41, 5.74) is 1.54. The molecule has 0 aliphatic heterocycles. The normalized spacial score (nSPS) is 10.7. The summed E-state index contributed by atoms with van der Waals surface area (Å²) < 4.78 is 7.36. The van der Waals surface area contributed by atoms with E-state index in [1.807, 2.05) is 47.1 Å². The number of hydrogen-bond acceptors (Lipinski definition) is 3. The van der Waals surface area contributed by atoms with E-state index in [0.717, 1.165) is 17.1 Å². The van der Waals surface area contributed by atoms with E-state index >= 15 is 0 Å². The van der Waals surface area contributed by atoms with Crippen LogP contribution in [0.15, 0.2) is 54.9 Å². The molecular weight excluding hydrogens is 314 g/mol. The molecule has 3 aromatic rings. The molecule has 2 heterocycles. The quantitative estimate of drug-likeness (QED) is 0.756. The number of amides is 1. The summed E-state index contributed by atoms with van der Waals surface area (Å²) in [6.07, 6.45) is 4.00. The molecule has 1 N–H and O–H groups in total. The molecule has 0 atom stereocenters. The zero-order valence-electron chi connectivity index (χ0n) is 12.4. The second kappa shape index (κ2) is 7.15. The van der Waals surface area contributed by atoms with Crippen molar-refractivity contribution in [2.24, 2.45) is 0 Å². The Hall–Kier alpha value is -2.53. The van der Waals surface area contributed by atoms with Crippen molar-refractivity contribution in [3.05, 3.63) is 65.6 Å². The number of rotatable bonds is 6. The number of carbonyl (C=O) groups excluding carboxylic acids is 1. The highest BCUT2D eigenvalue weighted by Gasteiger charge is 2.05. The van der Waals surface area contributed by atoms with Crippen molar-refractivity contribution < 1.29 is 9.53 Å². The van der Waals surface area contributed by atoms with Crippen molar-refractivity contribution in [2.45, 2.75) is 13.0 Å². The number of fused-ring (bicyclic) bond motifs is 1. The number of pyridine rings is 1. The van der Waals surface area contributed by atoms with Gasteiger partial charge in [0.25, 0.3) is 0 Å². The Morgan fingerprint density at radius 2 is 2.09 bits per heavy atom. The van der Waals surface area contributed by atoms with Gasteiger partial charge in [-0.1, -0.05) is 29.8 Å². The summed E-state index contributed by atoms with van der Waals surface area (Å²) in [6.45, 7) is 0.722. The molecule has 0 bridgehead atoms. The van der Waals surface area contributed by atoms with Crippen molar-refractivity contribution in [2.75, 3.05) is 6.61 Å². The van der Waals surface area contributed by atoms with Crippen molar-refractivity contribution in [3.8, 4) is 5.75 Å². The molecule has 1 amide bonds. The summed E-state index contributed by atoms with van der Waals surface area (Å²) in [5, 5.41) is 3.47. The predicted molar refractivity (Wildman–Crippen MR) is 88.6 cm³/mol. The Bertz CT molecular complexity index is 802. The first-order valence-corrected chi connectivity index (χ1v) is 7.66. The fraction of sp³-hybridized carbons (Fsp3) is 0.176. The number of para-hydroxylation sites is 1. The molecule has 3 rings (SSSR count). The summed E-state index contributed by atoms with van der Waals surface area (Å²) in [6, 6.07) is 13.0. The third-order valence-electron chi connectivity index (χ3n) is 3.28. The van der Waals surface area contributed by atoms with Crippen LogP contribution >= 0.6 is 11.6 Å². The van der Waals surface area contributed by atoms with Crippen LogP contribution in [-0.4, -0.2) is 21.9 Å². The Labute approximate surface area is 138 Å². The second-order valence-corrected chi connectivity index (χ2v) is 5.47. The van der Waals surface area contributed by atoms with Crippen molar-refractivity contribution in [1.29, 1.82) is 0 Å². The molecule has 23 heavy (non-hydrogen) atoms. The summed E-state index contributed by atoms with van der Waals surface area (Å²) in [4.78, 5) is 16.2. The average molecular weight is 330 g/mol. The third kappa shape index (κ3) is 4.23. The van der Waals surface area contributed by atoms with E-state index in [0.29, 0.717) is 24.6 Å².